The molecule has 66 valence electrons. The smallest absolute Gasteiger partial charge is 0.273 e. The Balaban J connectivity index is 2.67. The minimum atomic E-state index is -0.495. The van der Waals surface area contributed by atoms with E-state index in [0.29, 0.717) is 11.1 Å². The Morgan fingerprint density at radius 3 is 3.00 bits per heavy atom. The largest absolute Gasteiger partial charge is 0.721 e. The van der Waals surface area contributed by atoms with Crippen molar-refractivity contribution in [2.75, 3.05) is 0 Å². The first-order chi connectivity index (χ1) is 6.16. The van der Waals surface area contributed by atoms with Gasteiger partial charge in [-0.1, -0.05) is 0 Å². The van der Waals surface area contributed by atoms with E-state index in [4.69, 9.17) is 4.42 Å². The topological polar surface area (TPSA) is 69.2 Å². The zero-order valence-electron chi connectivity index (χ0n) is 6.26. The number of benzene rings is 1. The molecule has 2 rings (SSSR count). The first kappa shape index (κ1) is 7.93. The van der Waals surface area contributed by atoms with Crippen LogP contribution >= 0.6 is 0 Å². The van der Waals surface area contributed by atoms with Gasteiger partial charge in [0, 0.05) is 6.07 Å². The summed E-state index contributed by atoms with van der Waals surface area (Å²) < 4.78 is 4.96. The van der Waals surface area contributed by atoms with Crippen molar-refractivity contribution in [3.63, 3.8) is 0 Å². The molecular weight excluding hydrogens is 192 g/mol. The van der Waals surface area contributed by atoms with Crippen molar-refractivity contribution < 1.29 is 9.34 Å². The van der Waals surface area contributed by atoms with Crippen molar-refractivity contribution in [3.05, 3.63) is 28.3 Å². The summed E-state index contributed by atoms with van der Waals surface area (Å²) in [5.74, 6) is 0. The van der Waals surface area contributed by atoms with Crippen LogP contribution in [0.4, 0.5) is 5.69 Å². The highest BCUT2D eigenvalue weighted by molar-refractivity contribution is 7.58. The summed E-state index contributed by atoms with van der Waals surface area (Å²) in [6.07, 6.45) is 0. The van der Waals surface area contributed by atoms with E-state index in [0.717, 1.165) is 0 Å². The van der Waals surface area contributed by atoms with Crippen molar-refractivity contribution >= 4 is 29.4 Å². The first-order valence-corrected chi connectivity index (χ1v) is 3.79. The van der Waals surface area contributed by atoms with Gasteiger partial charge in [-0.3, -0.25) is 10.1 Å². The number of nitrogens with zero attached hydrogens (tertiary/aromatic N) is 2. The summed E-state index contributed by atoms with van der Waals surface area (Å²) in [7, 11) is 0. The average molecular weight is 195 g/mol. The summed E-state index contributed by atoms with van der Waals surface area (Å²) in [6, 6.07) is 4.17. The molecular formula is C7H3N2O3S-. The van der Waals surface area contributed by atoms with Crippen LogP contribution in [-0.2, 0) is 12.6 Å². The SMILES string of the molecule is O=[N+]([O-])c1ccc2nc([S-])oc2c1. The Hall–Kier alpha value is -1.69. The molecule has 5 nitrogen and oxygen atoms in total. The minimum Gasteiger partial charge on any atom is -0.721 e. The second kappa shape index (κ2) is 2.67. The molecule has 1 heterocycles. The van der Waals surface area contributed by atoms with Crippen LogP contribution in [0.2, 0.25) is 0 Å². The molecule has 0 saturated carbocycles. The third-order valence-corrected chi connectivity index (χ3v) is 1.74. The Bertz CT molecular complexity index is 480. The lowest BCUT2D eigenvalue weighted by molar-refractivity contribution is -0.384. The first-order valence-electron chi connectivity index (χ1n) is 3.39. The number of hydrogen-bond acceptors (Lipinski definition) is 5. The molecule has 1 aromatic carbocycles. The van der Waals surface area contributed by atoms with Crippen LogP contribution in [0.5, 0.6) is 0 Å². The molecule has 0 atom stereocenters. The van der Waals surface area contributed by atoms with Gasteiger partial charge in [-0.05, 0) is 6.07 Å². The lowest BCUT2D eigenvalue weighted by Gasteiger charge is -1.89. The van der Waals surface area contributed by atoms with E-state index in [1.165, 1.54) is 18.2 Å². The van der Waals surface area contributed by atoms with Crippen molar-refractivity contribution in [1.82, 2.24) is 4.98 Å². The van der Waals surface area contributed by atoms with Gasteiger partial charge in [0.1, 0.15) is 5.52 Å². The molecule has 0 N–H and O–H groups in total. The highest BCUT2D eigenvalue weighted by Gasteiger charge is 2.08. The van der Waals surface area contributed by atoms with Crippen molar-refractivity contribution in [3.8, 4) is 0 Å². The maximum absolute atomic E-state index is 10.4. The normalized spacial score (nSPS) is 10.5. The van der Waals surface area contributed by atoms with Gasteiger partial charge in [-0.15, -0.1) is 0 Å². The maximum Gasteiger partial charge on any atom is 0.273 e. The van der Waals surface area contributed by atoms with Gasteiger partial charge in [0.05, 0.1) is 16.2 Å². The van der Waals surface area contributed by atoms with Crippen LogP contribution in [0.1, 0.15) is 0 Å². The van der Waals surface area contributed by atoms with Gasteiger partial charge < -0.3 is 17.0 Å². The molecule has 0 bridgehead atoms. The Morgan fingerprint density at radius 1 is 1.54 bits per heavy atom. The number of nitro benzene ring substituents is 1. The van der Waals surface area contributed by atoms with Gasteiger partial charge in [-0.2, -0.15) is 0 Å². The summed E-state index contributed by atoms with van der Waals surface area (Å²) in [5.41, 5.74) is 0.855. The lowest BCUT2D eigenvalue weighted by atomic mass is 10.3. The minimum absolute atomic E-state index is 0.0290. The monoisotopic (exact) mass is 195 g/mol. The molecule has 0 spiro atoms. The Labute approximate surface area is 77.9 Å². The summed E-state index contributed by atoms with van der Waals surface area (Å²) in [6.45, 7) is 0. The van der Waals surface area contributed by atoms with Gasteiger partial charge in [0.25, 0.3) is 5.69 Å². The fraction of sp³-hybridized carbons (Fsp3) is 0. The maximum atomic E-state index is 10.4. The number of oxazole rings is 1. The van der Waals surface area contributed by atoms with Crippen molar-refractivity contribution in [1.29, 1.82) is 0 Å². The van der Waals surface area contributed by atoms with Crippen LogP contribution in [0.3, 0.4) is 0 Å². The molecule has 0 unspecified atom stereocenters. The predicted molar refractivity (Wildman–Crippen MR) is 46.3 cm³/mol. The summed E-state index contributed by atoms with van der Waals surface area (Å²) in [4.78, 5) is 13.7. The molecule has 0 radical (unpaired) electrons. The average Bonchev–Trinajstić information content (AvgIpc) is 2.42. The van der Waals surface area contributed by atoms with Crippen LogP contribution in [0.25, 0.3) is 11.1 Å². The van der Waals surface area contributed by atoms with E-state index in [1.807, 2.05) is 0 Å². The van der Waals surface area contributed by atoms with Gasteiger partial charge in [0.2, 0.25) is 0 Å². The van der Waals surface area contributed by atoms with E-state index < -0.39 is 4.92 Å². The lowest BCUT2D eigenvalue weighted by Crippen LogP contribution is -1.86. The Morgan fingerprint density at radius 2 is 2.31 bits per heavy atom. The molecule has 0 fully saturated rings. The number of hydrogen-bond donors (Lipinski definition) is 0. The van der Waals surface area contributed by atoms with Crippen molar-refractivity contribution in [2.45, 2.75) is 5.22 Å². The third kappa shape index (κ3) is 1.31. The summed E-state index contributed by atoms with van der Waals surface area (Å²) in [5, 5.41) is 10.5. The molecule has 0 aliphatic carbocycles. The second-order valence-electron chi connectivity index (χ2n) is 2.39. The zero-order valence-corrected chi connectivity index (χ0v) is 7.08. The molecule has 0 amide bonds. The predicted octanol–water partition coefficient (Wildman–Crippen LogP) is 1.64. The highest BCUT2D eigenvalue weighted by atomic mass is 32.1. The van der Waals surface area contributed by atoms with E-state index in [-0.39, 0.29) is 10.9 Å². The fourth-order valence-corrected chi connectivity index (χ4v) is 1.19. The van der Waals surface area contributed by atoms with Gasteiger partial charge in [0.15, 0.2) is 5.58 Å². The van der Waals surface area contributed by atoms with Crippen LogP contribution < -0.4 is 0 Å². The molecule has 6 heteroatoms. The van der Waals surface area contributed by atoms with E-state index in [2.05, 4.69) is 17.6 Å². The Kier molecular flexibility index (Phi) is 1.63. The summed E-state index contributed by atoms with van der Waals surface area (Å²) >= 11 is 4.67. The van der Waals surface area contributed by atoms with E-state index >= 15 is 0 Å². The van der Waals surface area contributed by atoms with Crippen LogP contribution in [0, 0.1) is 10.1 Å². The van der Waals surface area contributed by atoms with E-state index in [1.54, 1.807) is 0 Å². The number of fused-ring (bicyclic) bond motifs is 1. The standard InChI is InChI=1S/C7H4N2O3S/c10-9(11)4-1-2-5-6(3-4)12-7(13)8-5/h1-3H,(H,8,13)/p-1. The van der Waals surface area contributed by atoms with Crippen LogP contribution in [0.15, 0.2) is 27.8 Å². The zero-order chi connectivity index (χ0) is 9.42. The van der Waals surface area contributed by atoms with Crippen molar-refractivity contribution in [2.24, 2.45) is 0 Å². The second-order valence-corrected chi connectivity index (χ2v) is 2.74. The number of nitro groups is 1. The van der Waals surface area contributed by atoms with E-state index in [9.17, 15) is 10.1 Å². The molecule has 13 heavy (non-hydrogen) atoms. The van der Waals surface area contributed by atoms with Gasteiger partial charge >= 0.3 is 0 Å². The quantitative estimate of drug-likeness (QED) is 0.393. The number of aromatic nitrogens is 1. The molecule has 1 aromatic heterocycles. The molecule has 0 aliphatic heterocycles. The fourth-order valence-electron chi connectivity index (χ4n) is 1.01. The molecule has 0 aliphatic rings. The van der Waals surface area contributed by atoms with Crippen LogP contribution in [-0.4, -0.2) is 9.91 Å². The number of rotatable bonds is 1. The third-order valence-electron chi connectivity index (χ3n) is 1.56. The molecule has 2 aromatic rings. The molecule has 0 saturated heterocycles. The number of non-ortho nitro benzene ring substituents is 1. The van der Waals surface area contributed by atoms with Gasteiger partial charge in [-0.25, -0.2) is 4.98 Å². The highest BCUT2D eigenvalue weighted by Crippen LogP contribution is 2.20.